The Morgan fingerprint density at radius 2 is 2.11 bits per heavy atom. The fourth-order valence-electron chi connectivity index (χ4n) is 0.335. The van der Waals surface area contributed by atoms with Crippen LogP contribution in [0.15, 0.2) is 12.7 Å². The van der Waals surface area contributed by atoms with Crippen LogP contribution in [0.2, 0.25) is 0 Å². The SMILES string of the molecule is [CH2]C(=O)OC(C)(C)C=C. The maximum Gasteiger partial charge on any atom is 0.307 e. The van der Waals surface area contributed by atoms with Crippen LogP contribution in [0.4, 0.5) is 0 Å². The molecule has 0 N–H and O–H groups in total. The van der Waals surface area contributed by atoms with Crippen LogP contribution in [0.5, 0.6) is 0 Å². The first-order valence-electron chi connectivity index (χ1n) is 2.66. The van der Waals surface area contributed by atoms with Gasteiger partial charge in [-0.3, -0.25) is 4.79 Å². The first-order chi connectivity index (χ1) is 3.98. The van der Waals surface area contributed by atoms with Crippen LogP contribution in [-0.4, -0.2) is 11.6 Å². The largest absolute Gasteiger partial charge is 0.455 e. The highest BCUT2D eigenvalue weighted by molar-refractivity contribution is 5.74. The lowest BCUT2D eigenvalue weighted by atomic mass is 10.1. The molecule has 0 aliphatic heterocycles. The zero-order chi connectivity index (χ0) is 7.49. The van der Waals surface area contributed by atoms with Crippen molar-refractivity contribution in [3.05, 3.63) is 19.6 Å². The number of hydrogen-bond donors (Lipinski definition) is 0. The monoisotopic (exact) mass is 127 g/mol. The Kier molecular flexibility index (Phi) is 2.43. The first kappa shape index (κ1) is 8.21. The topological polar surface area (TPSA) is 26.3 Å². The molecule has 1 radical (unpaired) electrons. The van der Waals surface area contributed by atoms with Crippen LogP contribution < -0.4 is 0 Å². The van der Waals surface area contributed by atoms with Crippen molar-refractivity contribution in [2.24, 2.45) is 0 Å². The summed E-state index contributed by atoms with van der Waals surface area (Å²) in [5, 5.41) is 0. The highest BCUT2D eigenvalue weighted by Crippen LogP contribution is 2.08. The number of ether oxygens (including phenoxy) is 1. The normalized spacial score (nSPS) is 10.6. The van der Waals surface area contributed by atoms with Gasteiger partial charge in [-0.15, -0.1) is 0 Å². The lowest BCUT2D eigenvalue weighted by molar-refractivity contribution is -0.146. The van der Waals surface area contributed by atoms with Crippen molar-refractivity contribution in [3.8, 4) is 0 Å². The van der Waals surface area contributed by atoms with E-state index in [9.17, 15) is 4.79 Å². The number of carbonyl (C=O) groups excluding carboxylic acids is 1. The maximum atomic E-state index is 10.2. The Morgan fingerprint density at radius 3 is 2.22 bits per heavy atom. The lowest BCUT2D eigenvalue weighted by Crippen LogP contribution is -2.23. The first-order valence-corrected chi connectivity index (χ1v) is 2.66. The van der Waals surface area contributed by atoms with Crippen molar-refractivity contribution < 1.29 is 9.53 Å². The Bertz CT molecular complexity index is 125. The third-order valence-electron chi connectivity index (χ3n) is 0.868. The molecule has 0 aliphatic rings. The van der Waals surface area contributed by atoms with Crippen LogP contribution in [0.3, 0.4) is 0 Å². The average molecular weight is 127 g/mol. The van der Waals surface area contributed by atoms with E-state index in [4.69, 9.17) is 4.74 Å². The Morgan fingerprint density at radius 1 is 1.67 bits per heavy atom. The summed E-state index contributed by atoms with van der Waals surface area (Å²) in [5.74, 6) is -0.528. The van der Waals surface area contributed by atoms with E-state index in [-0.39, 0.29) is 0 Å². The second-order valence-corrected chi connectivity index (χ2v) is 2.28. The van der Waals surface area contributed by atoms with Gasteiger partial charge in [0, 0.05) is 0 Å². The summed E-state index contributed by atoms with van der Waals surface area (Å²) in [4.78, 5) is 10.2. The minimum atomic E-state index is -0.584. The second-order valence-electron chi connectivity index (χ2n) is 2.28. The van der Waals surface area contributed by atoms with Crippen LogP contribution >= 0.6 is 0 Å². The van der Waals surface area contributed by atoms with Gasteiger partial charge in [0.2, 0.25) is 0 Å². The Balaban J connectivity index is 3.86. The van der Waals surface area contributed by atoms with Crippen molar-refractivity contribution in [2.45, 2.75) is 19.4 Å². The summed E-state index contributed by atoms with van der Waals surface area (Å²) in [6.45, 7) is 10.0. The fraction of sp³-hybridized carbons (Fsp3) is 0.429. The molecule has 0 heterocycles. The van der Waals surface area contributed by atoms with Crippen molar-refractivity contribution >= 4 is 5.97 Å². The predicted molar refractivity (Wildman–Crippen MR) is 35.7 cm³/mol. The lowest BCUT2D eigenvalue weighted by Gasteiger charge is -2.18. The van der Waals surface area contributed by atoms with Crippen LogP contribution in [0.1, 0.15) is 13.8 Å². The predicted octanol–water partition coefficient (Wildman–Crippen LogP) is 1.33. The molecule has 9 heavy (non-hydrogen) atoms. The molecule has 2 nitrogen and oxygen atoms in total. The van der Waals surface area contributed by atoms with Crippen molar-refractivity contribution in [3.63, 3.8) is 0 Å². The molecular weight excluding hydrogens is 116 g/mol. The quantitative estimate of drug-likeness (QED) is 0.413. The van der Waals surface area contributed by atoms with E-state index in [0.29, 0.717) is 0 Å². The molecule has 0 aromatic rings. The molecular formula is C7H11O2. The van der Waals surface area contributed by atoms with Crippen LogP contribution in [-0.2, 0) is 9.53 Å². The minimum Gasteiger partial charge on any atom is -0.455 e. The maximum absolute atomic E-state index is 10.2. The van der Waals surface area contributed by atoms with Gasteiger partial charge in [-0.2, -0.15) is 0 Å². The molecule has 0 fully saturated rings. The molecule has 51 valence electrons. The summed E-state index contributed by atoms with van der Waals surface area (Å²) in [6.07, 6.45) is 1.55. The van der Waals surface area contributed by atoms with E-state index in [1.807, 2.05) is 0 Å². The molecule has 0 unspecified atom stereocenters. The van der Waals surface area contributed by atoms with E-state index in [0.717, 1.165) is 0 Å². The molecule has 0 rings (SSSR count). The third kappa shape index (κ3) is 3.76. The molecule has 0 saturated carbocycles. The summed E-state index contributed by atoms with van der Waals surface area (Å²) < 4.78 is 4.72. The van der Waals surface area contributed by atoms with E-state index < -0.39 is 11.6 Å². The van der Waals surface area contributed by atoms with E-state index >= 15 is 0 Å². The molecule has 0 bridgehead atoms. The van der Waals surface area contributed by atoms with Crippen molar-refractivity contribution in [1.29, 1.82) is 0 Å². The Labute approximate surface area is 55.5 Å². The van der Waals surface area contributed by atoms with E-state index in [1.54, 1.807) is 19.9 Å². The van der Waals surface area contributed by atoms with E-state index in [2.05, 4.69) is 13.5 Å². The van der Waals surface area contributed by atoms with Crippen LogP contribution in [0.25, 0.3) is 0 Å². The average Bonchev–Trinajstić information content (AvgIpc) is 1.63. The zero-order valence-corrected chi connectivity index (χ0v) is 5.81. The highest BCUT2D eigenvalue weighted by atomic mass is 16.6. The van der Waals surface area contributed by atoms with Crippen LogP contribution in [0, 0.1) is 6.92 Å². The second kappa shape index (κ2) is 2.67. The summed E-state index contributed by atoms with van der Waals surface area (Å²) in [6, 6.07) is 0. The van der Waals surface area contributed by atoms with Gasteiger partial charge >= 0.3 is 5.97 Å². The molecule has 0 atom stereocenters. The van der Waals surface area contributed by atoms with E-state index in [1.165, 1.54) is 0 Å². The zero-order valence-electron chi connectivity index (χ0n) is 5.81. The molecule has 0 saturated heterocycles. The smallest absolute Gasteiger partial charge is 0.307 e. The van der Waals surface area contributed by atoms with Gasteiger partial charge in [0.05, 0.1) is 6.92 Å². The van der Waals surface area contributed by atoms with Gasteiger partial charge in [-0.25, -0.2) is 0 Å². The van der Waals surface area contributed by atoms with Crippen molar-refractivity contribution in [1.82, 2.24) is 0 Å². The number of rotatable bonds is 2. The van der Waals surface area contributed by atoms with Gasteiger partial charge in [-0.05, 0) is 19.9 Å². The number of hydrogen-bond acceptors (Lipinski definition) is 2. The van der Waals surface area contributed by atoms with Gasteiger partial charge in [0.1, 0.15) is 5.60 Å². The highest BCUT2D eigenvalue weighted by Gasteiger charge is 2.14. The van der Waals surface area contributed by atoms with Gasteiger partial charge in [-0.1, -0.05) is 6.58 Å². The Hall–Kier alpha value is -0.790. The van der Waals surface area contributed by atoms with Gasteiger partial charge in [0.15, 0.2) is 0 Å². The van der Waals surface area contributed by atoms with Gasteiger partial charge in [0.25, 0.3) is 0 Å². The molecule has 0 aromatic heterocycles. The van der Waals surface area contributed by atoms with Crippen molar-refractivity contribution in [2.75, 3.05) is 0 Å². The third-order valence-corrected chi connectivity index (χ3v) is 0.868. The summed E-state index contributed by atoms with van der Waals surface area (Å²) in [5.41, 5.74) is -0.584. The summed E-state index contributed by atoms with van der Waals surface area (Å²) >= 11 is 0. The fourth-order valence-corrected chi connectivity index (χ4v) is 0.335. The molecule has 2 heteroatoms. The summed E-state index contributed by atoms with van der Waals surface area (Å²) in [7, 11) is 0. The van der Waals surface area contributed by atoms with Gasteiger partial charge < -0.3 is 4.74 Å². The molecule has 0 aliphatic carbocycles. The standard InChI is InChI=1S/C7H11O2/c1-5-7(3,4)9-6(2)8/h5H,1-2H2,3-4H3. The number of carbonyl (C=O) groups is 1. The number of esters is 1. The molecule has 0 aromatic carbocycles. The molecule has 0 amide bonds. The molecule has 0 spiro atoms. The minimum absolute atomic E-state index is 0.528.